The summed E-state index contributed by atoms with van der Waals surface area (Å²) in [4.78, 5) is 2.50. The van der Waals surface area contributed by atoms with Crippen LogP contribution >= 0.6 is 0 Å². The van der Waals surface area contributed by atoms with Crippen molar-refractivity contribution in [1.82, 2.24) is 10.2 Å². The molecular weight excluding hydrogens is 272 g/mol. The molecule has 3 rings (SSSR count). The summed E-state index contributed by atoms with van der Waals surface area (Å²) in [6.07, 6.45) is 8.21. The van der Waals surface area contributed by atoms with Gasteiger partial charge in [0.2, 0.25) is 0 Å². The first-order valence-corrected chi connectivity index (χ1v) is 9.04. The van der Waals surface area contributed by atoms with Crippen LogP contribution in [-0.4, -0.2) is 42.3 Å². The molecule has 22 heavy (non-hydrogen) atoms. The number of aliphatic hydroxyl groups is 1. The van der Waals surface area contributed by atoms with Gasteiger partial charge in [-0.25, -0.2) is 0 Å². The van der Waals surface area contributed by atoms with Crippen molar-refractivity contribution in [2.24, 2.45) is 0 Å². The number of aryl methyl sites for hydroxylation is 1. The van der Waals surface area contributed by atoms with Gasteiger partial charge in [-0.3, -0.25) is 0 Å². The normalized spacial score (nSPS) is 24.0. The Bertz CT molecular complexity index is 455. The molecule has 1 heterocycles. The van der Waals surface area contributed by atoms with Crippen LogP contribution in [0.4, 0.5) is 0 Å². The zero-order valence-electron chi connectivity index (χ0n) is 13.6. The lowest BCUT2D eigenvalue weighted by Gasteiger charge is -2.29. The maximum absolute atomic E-state index is 9.55. The van der Waals surface area contributed by atoms with E-state index in [0.717, 1.165) is 39.0 Å². The smallest absolute Gasteiger partial charge is 0.0564 e. The highest BCUT2D eigenvalue weighted by Crippen LogP contribution is 2.28. The molecular formula is C19H30N2O. The summed E-state index contributed by atoms with van der Waals surface area (Å²) in [5.41, 5.74) is 3.07. The molecule has 1 aromatic carbocycles. The standard InChI is InChI=1S/C19H30N2O/c22-17-10-14-21(15-11-17)13-5-12-20-19-9-4-2-7-16-6-1-3-8-18(16)19/h1,3,6,8,17,19-20,22H,2,4-5,7,9-15H2. The van der Waals surface area contributed by atoms with Gasteiger partial charge in [0.15, 0.2) is 0 Å². The van der Waals surface area contributed by atoms with Gasteiger partial charge in [-0.1, -0.05) is 30.7 Å². The monoisotopic (exact) mass is 302 g/mol. The zero-order valence-corrected chi connectivity index (χ0v) is 13.6. The first kappa shape index (κ1) is 16.0. The van der Waals surface area contributed by atoms with Gasteiger partial charge in [0.25, 0.3) is 0 Å². The molecule has 0 amide bonds. The zero-order chi connectivity index (χ0) is 15.2. The van der Waals surface area contributed by atoms with E-state index in [1.807, 2.05) is 0 Å². The van der Waals surface area contributed by atoms with Crippen molar-refractivity contribution >= 4 is 0 Å². The molecule has 1 fully saturated rings. The van der Waals surface area contributed by atoms with Gasteiger partial charge in [-0.15, -0.1) is 0 Å². The summed E-state index contributed by atoms with van der Waals surface area (Å²) >= 11 is 0. The fourth-order valence-electron chi connectivity index (χ4n) is 3.86. The Hall–Kier alpha value is -0.900. The third kappa shape index (κ3) is 4.31. The predicted octanol–water partition coefficient (Wildman–Crippen LogP) is 2.89. The Kier molecular flexibility index (Phi) is 5.88. The second kappa shape index (κ2) is 8.09. The fraction of sp³-hybridized carbons (Fsp3) is 0.684. The summed E-state index contributed by atoms with van der Waals surface area (Å²) < 4.78 is 0. The van der Waals surface area contributed by atoms with Crippen LogP contribution in [0.3, 0.4) is 0 Å². The van der Waals surface area contributed by atoms with E-state index in [1.165, 1.54) is 37.7 Å². The number of hydrogen-bond acceptors (Lipinski definition) is 3. The van der Waals surface area contributed by atoms with E-state index >= 15 is 0 Å². The van der Waals surface area contributed by atoms with Crippen molar-refractivity contribution in [2.45, 2.75) is 57.1 Å². The fourth-order valence-corrected chi connectivity index (χ4v) is 3.86. The molecule has 0 saturated carbocycles. The number of aliphatic hydroxyl groups excluding tert-OH is 1. The van der Waals surface area contributed by atoms with E-state index in [0.29, 0.717) is 6.04 Å². The Labute approximate surface area is 134 Å². The van der Waals surface area contributed by atoms with Gasteiger partial charge in [0.05, 0.1) is 6.10 Å². The topological polar surface area (TPSA) is 35.5 Å². The maximum Gasteiger partial charge on any atom is 0.0564 e. The molecule has 1 aliphatic carbocycles. The number of rotatable bonds is 5. The molecule has 1 saturated heterocycles. The number of benzene rings is 1. The van der Waals surface area contributed by atoms with Gasteiger partial charge in [-0.2, -0.15) is 0 Å². The average Bonchev–Trinajstić information content (AvgIpc) is 2.76. The number of nitrogens with zero attached hydrogens (tertiary/aromatic N) is 1. The molecule has 0 bridgehead atoms. The highest BCUT2D eigenvalue weighted by atomic mass is 16.3. The number of likely N-dealkylation sites (tertiary alicyclic amines) is 1. The van der Waals surface area contributed by atoms with Gasteiger partial charge in [-0.05, 0) is 62.7 Å². The molecule has 1 unspecified atom stereocenters. The van der Waals surface area contributed by atoms with Crippen LogP contribution in [0.15, 0.2) is 24.3 Å². The summed E-state index contributed by atoms with van der Waals surface area (Å²) in [7, 11) is 0. The van der Waals surface area contributed by atoms with Gasteiger partial charge < -0.3 is 15.3 Å². The highest BCUT2D eigenvalue weighted by Gasteiger charge is 2.18. The van der Waals surface area contributed by atoms with Crippen LogP contribution in [0.2, 0.25) is 0 Å². The van der Waals surface area contributed by atoms with E-state index in [4.69, 9.17) is 0 Å². The summed E-state index contributed by atoms with van der Waals surface area (Å²) in [6.45, 7) is 4.38. The third-order valence-electron chi connectivity index (χ3n) is 5.22. The van der Waals surface area contributed by atoms with Crippen LogP contribution in [0.25, 0.3) is 0 Å². The van der Waals surface area contributed by atoms with E-state index in [9.17, 15) is 5.11 Å². The Morgan fingerprint density at radius 3 is 2.77 bits per heavy atom. The summed E-state index contributed by atoms with van der Waals surface area (Å²) in [5.74, 6) is 0. The second-order valence-electron chi connectivity index (χ2n) is 6.88. The first-order valence-electron chi connectivity index (χ1n) is 9.04. The molecule has 2 aliphatic rings. The average molecular weight is 302 g/mol. The van der Waals surface area contributed by atoms with Gasteiger partial charge >= 0.3 is 0 Å². The second-order valence-corrected chi connectivity index (χ2v) is 6.88. The van der Waals surface area contributed by atoms with Crippen LogP contribution in [-0.2, 0) is 6.42 Å². The minimum Gasteiger partial charge on any atom is -0.393 e. The highest BCUT2D eigenvalue weighted by molar-refractivity contribution is 5.31. The first-order chi connectivity index (χ1) is 10.8. The Morgan fingerprint density at radius 1 is 1.09 bits per heavy atom. The number of hydrogen-bond donors (Lipinski definition) is 2. The Balaban J connectivity index is 1.43. The van der Waals surface area contributed by atoms with Crippen molar-refractivity contribution in [3.05, 3.63) is 35.4 Å². The molecule has 1 aliphatic heterocycles. The minimum atomic E-state index is -0.0585. The number of nitrogens with one attached hydrogen (secondary N) is 1. The van der Waals surface area contributed by atoms with Crippen LogP contribution < -0.4 is 5.32 Å². The van der Waals surface area contributed by atoms with Crippen molar-refractivity contribution in [2.75, 3.05) is 26.2 Å². The SMILES string of the molecule is OC1CCN(CCCNC2CCCCc3ccccc32)CC1. The molecule has 0 radical (unpaired) electrons. The summed E-state index contributed by atoms with van der Waals surface area (Å²) in [6, 6.07) is 9.50. The molecule has 2 N–H and O–H groups in total. The molecule has 0 spiro atoms. The molecule has 3 nitrogen and oxygen atoms in total. The van der Waals surface area contributed by atoms with E-state index in [2.05, 4.69) is 34.5 Å². The van der Waals surface area contributed by atoms with Crippen molar-refractivity contribution in [1.29, 1.82) is 0 Å². The van der Waals surface area contributed by atoms with Crippen LogP contribution in [0.1, 0.15) is 55.7 Å². The number of piperidine rings is 1. The van der Waals surface area contributed by atoms with E-state index in [-0.39, 0.29) is 6.10 Å². The predicted molar refractivity (Wildman–Crippen MR) is 91.0 cm³/mol. The van der Waals surface area contributed by atoms with Crippen LogP contribution in [0, 0.1) is 0 Å². The lowest BCUT2D eigenvalue weighted by atomic mass is 9.99. The Morgan fingerprint density at radius 2 is 1.91 bits per heavy atom. The minimum absolute atomic E-state index is 0.0585. The number of fused-ring (bicyclic) bond motifs is 1. The molecule has 0 aromatic heterocycles. The third-order valence-corrected chi connectivity index (χ3v) is 5.22. The van der Waals surface area contributed by atoms with Crippen LogP contribution in [0.5, 0.6) is 0 Å². The summed E-state index contributed by atoms with van der Waals surface area (Å²) in [5, 5.41) is 13.3. The molecule has 122 valence electrons. The van der Waals surface area contributed by atoms with Gasteiger partial charge in [0, 0.05) is 19.1 Å². The lowest BCUT2D eigenvalue weighted by Crippen LogP contribution is -2.37. The van der Waals surface area contributed by atoms with Crippen molar-refractivity contribution in [3.63, 3.8) is 0 Å². The quantitative estimate of drug-likeness (QED) is 0.648. The van der Waals surface area contributed by atoms with E-state index in [1.54, 1.807) is 5.56 Å². The lowest BCUT2D eigenvalue weighted by molar-refractivity contribution is 0.0820. The van der Waals surface area contributed by atoms with Crippen molar-refractivity contribution in [3.8, 4) is 0 Å². The van der Waals surface area contributed by atoms with E-state index < -0.39 is 0 Å². The van der Waals surface area contributed by atoms with Gasteiger partial charge in [0.1, 0.15) is 0 Å². The molecule has 1 aromatic rings. The largest absolute Gasteiger partial charge is 0.393 e. The maximum atomic E-state index is 9.55. The van der Waals surface area contributed by atoms with Crippen molar-refractivity contribution < 1.29 is 5.11 Å². The molecule has 1 atom stereocenters. The molecule has 3 heteroatoms.